The van der Waals surface area contributed by atoms with Crippen molar-refractivity contribution in [3.63, 3.8) is 0 Å². The van der Waals surface area contributed by atoms with Gasteiger partial charge < -0.3 is 4.74 Å². The van der Waals surface area contributed by atoms with Crippen LogP contribution in [0.4, 0.5) is 0 Å². The molecular weight excluding hydrogens is 148 g/mol. The molecule has 1 saturated heterocycles. The maximum atomic E-state index is 5.64. The summed E-state index contributed by atoms with van der Waals surface area (Å²) in [5.74, 6) is 1.50. The molecule has 0 aromatic rings. The Hall–Kier alpha value is -0.300. The van der Waals surface area contributed by atoms with Gasteiger partial charge in [-0.05, 0) is 32.1 Å². The average molecular weight is 166 g/mol. The summed E-state index contributed by atoms with van der Waals surface area (Å²) in [6, 6.07) is 0. The molecule has 1 aliphatic carbocycles. The highest BCUT2D eigenvalue weighted by atomic mass is 16.6. The molecule has 2 fully saturated rings. The van der Waals surface area contributed by atoms with Crippen LogP contribution in [-0.2, 0) is 4.74 Å². The van der Waals surface area contributed by atoms with Crippen LogP contribution in [0.3, 0.4) is 0 Å². The van der Waals surface area contributed by atoms with Crippen molar-refractivity contribution >= 4 is 0 Å². The monoisotopic (exact) mass is 166 g/mol. The molecule has 1 nitrogen and oxygen atoms in total. The number of rotatable bonds is 1. The molecule has 1 saturated carbocycles. The third-order valence-electron chi connectivity index (χ3n) is 3.26. The molecule has 0 bridgehead atoms. The van der Waals surface area contributed by atoms with Crippen molar-refractivity contribution in [1.82, 2.24) is 0 Å². The lowest BCUT2D eigenvalue weighted by Gasteiger charge is -2.13. The van der Waals surface area contributed by atoms with Gasteiger partial charge in [0.1, 0.15) is 0 Å². The van der Waals surface area contributed by atoms with E-state index in [0.29, 0.717) is 18.1 Å². The Morgan fingerprint density at radius 1 is 1.42 bits per heavy atom. The van der Waals surface area contributed by atoms with Gasteiger partial charge in [0.05, 0.1) is 12.2 Å². The molecule has 2 rings (SSSR count). The summed E-state index contributed by atoms with van der Waals surface area (Å²) in [6.45, 7) is 8.51. The standard InChI is InChI=1S/C11H18O/c1-7(2)9-5-4-8(3)6-10-11(9)12-10/h8-11H,1,4-6H2,2-3H3. The second-order valence-corrected chi connectivity index (χ2v) is 4.51. The van der Waals surface area contributed by atoms with Gasteiger partial charge in [0.25, 0.3) is 0 Å². The molecule has 68 valence electrons. The van der Waals surface area contributed by atoms with Crippen LogP contribution in [0.15, 0.2) is 12.2 Å². The molecule has 1 heterocycles. The Morgan fingerprint density at radius 3 is 2.83 bits per heavy atom. The Bertz CT molecular complexity index is 197. The van der Waals surface area contributed by atoms with Crippen molar-refractivity contribution < 1.29 is 4.74 Å². The SMILES string of the molecule is C=C(C)C1CCC(C)CC2OC21. The molecule has 2 aliphatic rings. The number of epoxide rings is 1. The highest BCUT2D eigenvalue weighted by Crippen LogP contribution is 2.43. The third-order valence-corrected chi connectivity index (χ3v) is 3.26. The van der Waals surface area contributed by atoms with Gasteiger partial charge in [0.15, 0.2) is 0 Å². The molecule has 1 heteroatoms. The van der Waals surface area contributed by atoms with E-state index in [4.69, 9.17) is 4.74 Å². The van der Waals surface area contributed by atoms with Crippen LogP contribution < -0.4 is 0 Å². The Morgan fingerprint density at radius 2 is 2.17 bits per heavy atom. The second-order valence-electron chi connectivity index (χ2n) is 4.51. The second kappa shape index (κ2) is 2.88. The number of ether oxygens (including phenoxy) is 1. The van der Waals surface area contributed by atoms with Crippen LogP contribution in [0, 0.1) is 11.8 Å². The van der Waals surface area contributed by atoms with E-state index >= 15 is 0 Å². The van der Waals surface area contributed by atoms with Crippen molar-refractivity contribution in [2.24, 2.45) is 11.8 Å². The van der Waals surface area contributed by atoms with Gasteiger partial charge in [0, 0.05) is 5.92 Å². The third kappa shape index (κ3) is 1.42. The zero-order valence-electron chi connectivity index (χ0n) is 8.05. The van der Waals surface area contributed by atoms with Gasteiger partial charge in [-0.3, -0.25) is 0 Å². The highest BCUT2D eigenvalue weighted by molar-refractivity contribution is 5.08. The Labute approximate surface area is 74.8 Å². The van der Waals surface area contributed by atoms with Crippen LogP contribution in [0.25, 0.3) is 0 Å². The minimum Gasteiger partial charge on any atom is -0.369 e. The molecule has 12 heavy (non-hydrogen) atoms. The number of hydrogen-bond donors (Lipinski definition) is 0. The first-order valence-electron chi connectivity index (χ1n) is 4.99. The summed E-state index contributed by atoms with van der Waals surface area (Å²) in [7, 11) is 0. The van der Waals surface area contributed by atoms with Gasteiger partial charge in [-0.2, -0.15) is 0 Å². The van der Waals surface area contributed by atoms with Crippen molar-refractivity contribution in [3.05, 3.63) is 12.2 Å². The Kier molecular flexibility index (Phi) is 1.99. The molecule has 0 aromatic carbocycles. The van der Waals surface area contributed by atoms with Crippen LogP contribution in [0.1, 0.15) is 33.1 Å². The van der Waals surface area contributed by atoms with Gasteiger partial charge >= 0.3 is 0 Å². The molecule has 0 spiro atoms. The van der Waals surface area contributed by atoms with E-state index in [9.17, 15) is 0 Å². The molecule has 0 aromatic heterocycles. The maximum absolute atomic E-state index is 5.64. The average Bonchev–Trinajstić information content (AvgIpc) is 2.65. The van der Waals surface area contributed by atoms with E-state index in [0.717, 1.165) is 5.92 Å². The predicted molar refractivity (Wildman–Crippen MR) is 50.0 cm³/mol. The van der Waals surface area contributed by atoms with Gasteiger partial charge in [0.2, 0.25) is 0 Å². The minimum atomic E-state index is 0.535. The topological polar surface area (TPSA) is 12.5 Å². The zero-order chi connectivity index (χ0) is 8.72. The minimum absolute atomic E-state index is 0.535. The van der Waals surface area contributed by atoms with Gasteiger partial charge in [-0.15, -0.1) is 0 Å². The summed E-state index contributed by atoms with van der Waals surface area (Å²) in [5, 5.41) is 0. The first-order valence-corrected chi connectivity index (χ1v) is 4.99. The molecule has 0 radical (unpaired) electrons. The summed E-state index contributed by atoms with van der Waals surface area (Å²) >= 11 is 0. The predicted octanol–water partition coefficient (Wildman–Crippen LogP) is 2.77. The molecule has 4 atom stereocenters. The van der Waals surface area contributed by atoms with E-state index in [1.165, 1.54) is 24.8 Å². The fourth-order valence-corrected chi connectivity index (χ4v) is 2.37. The lowest BCUT2D eigenvalue weighted by atomic mass is 9.93. The number of fused-ring (bicyclic) bond motifs is 1. The van der Waals surface area contributed by atoms with E-state index in [-0.39, 0.29) is 0 Å². The van der Waals surface area contributed by atoms with E-state index < -0.39 is 0 Å². The van der Waals surface area contributed by atoms with Gasteiger partial charge in [-0.25, -0.2) is 0 Å². The summed E-state index contributed by atoms with van der Waals surface area (Å²) in [5.41, 5.74) is 1.32. The summed E-state index contributed by atoms with van der Waals surface area (Å²) < 4.78 is 5.64. The zero-order valence-corrected chi connectivity index (χ0v) is 8.05. The first-order chi connectivity index (χ1) is 5.68. The molecule has 0 N–H and O–H groups in total. The molecular formula is C11H18O. The highest BCUT2D eigenvalue weighted by Gasteiger charge is 2.46. The van der Waals surface area contributed by atoms with Crippen molar-refractivity contribution in [2.75, 3.05) is 0 Å². The lowest BCUT2D eigenvalue weighted by molar-refractivity contribution is 0.278. The maximum Gasteiger partial charge on any atom is 0.0906 e. The van der Waals surface area contributed by atoms with Crippen molar-refractivity contribution in [3.8, 4) is 0 Å². The molecule has 0 amide bonds. The summed E-state index contributed by atoms with van der Waals surface area (Å²) in [4.78, 5) is 0. The van der Waals surface area contributed by atoms with Gasteiger partial charge in [-0.1, -0.05) is 19.1 Å². The molecule has 1 aliphatic heterocycles. The van der Waals surface area contributed by atoms with Crippen molar-refractivity contribution in [2.45, 2.75) is 45.3 Å². The largest absolute Gasteiger partial charge is 0.369 e. The van der Waals surface area contributed by atoms with Crippen LogP contribution in [-0.4, -0.2) is 12.2 Å². The van der Waals surface area contributed by atoms with Crippen LogP contribution in [0.2, 0.25) is 0 Å². The fourth-order valence-electron chi connectivity index (χ4n) is 2.37. The normalized spacial score (nSPS) is 46.2. The summed E-state index contributed by atoms with van der Waals surface area (Å²) in [6.07, 6.45) is 5.02. The van der Waals surface area contributed by atoms with E-state index in [1.54, 1.807) is 0 Å². The fraction of sp³-hybridized carbons (Fsp3) is 0.818. The van der Waals surface area contributed by atoms with Crippen LogP contribution >= 0.6 is 0 Å². The van der Waals surface area contributed by atoms with Crippen molar-refractivity contribution in [1.29, 1.82) is 0 Å². The lowest BCUT2D eigenvalue weighted by Crippen LogP contribution is -2.09. The smallest absolute Gasteiger partial charge is 0.0906 e. The number of hydrogen-bond acceptors (Lipinski definition) is 1. The van der Waals surface area contributed by atoms with Crippen LogP contribution in [0.5, 0.6) is 0 Å². The van der Waals surface area contributed by atoms with E-state index in [2.05, 4.69) is 20.4 Å². The Balaban J connectivity index is 2.03. The first kappa shape index (κ1) is 8.31. The quantitative estimate of drug-likeness (QED) is 0.431. The molecule has 4 unspecified atom stereocenters. The van der Waals surface area contributed by atoms with E-state index in [1.807, 2.05) is 0 Å².